The first kappa shape index (κ1) is 24.9. The molecule has 2 aliphatic rings. The van der Waals surface area contributed by atoms with Crippen LogP contribution in [-0.2, 0) is 48.2 Å². The molecule has 36 heavy (non-hydrogen) atoms. The molecule has 2 saturated heterocycles. The number of hydrogen-bond acceptors (Lipinski definition) is 9. The van der Waals surface area contributed by atoms with Gasteiger partial charge in [-0.1, -0.05) is 18.2 Å². The van der Waals surface area contributed by atoms with Gasteiger partial charge in [0.2, 0.25) is 0 Å². The molecule has 9 nitrogen and oxygen atoms in total. The Hall–Kier alpha value is -2.79. The maximum atomic E-state index is 6.41. The third-order valence-corrected chi connectivity index (χ3v) is 5.97. The summed E-state index contributed by atoms with van der Waals surface area (Å²) in [4.78, 5) is 13.1. The monoisotopic (exact) mass is 493 g/mol. The van der Waals surface area contributed by atoms with Crippen LogP contribution in [0.1, 0.15) is 30.9 Å². The van der Waals surface area contributed by atoms with Crippen molar-refractivity contribution in [2.45, 2.75) is 70.2 Å². The second-order valence-electron chi connectivity index (χ2n) is 9.17. The molecular weight excluding hydrogens is 462 g/mol. The van der Waals surface area contributed by atoms with Gasteiger partial charge in [0.25, 0.3) is 0 Å². The zero-order chi connectivity index (χ0) is 24.8. The molecule has 2 fully saturated rings. The second kappa shape index (κ2) is 11.5. The van der Waals surface area contributed by atoms with E-state index in [-0.39, 0.29) is 13.2 Å². The molecule has 2 aliphatic heterocycles. The van der Waals surface area contributed by atoms with Crippen LogP contribution in [0.25, 0.3) is 0 Å². The molecule has 0 aliphatic carbocycles. The van der Waals surface area contributed by atoms with Crippen molar-refractivity contribution < 1.29 is 28.4 Å². The zero-order valence-corrected chi connectivity index (χ0v) is 20.4. The van der Waals surface area contributed by atoms with E-state index >= 15 is 0 Å². The average Bonchev–Trinajstić information content (AvgIpc) is 3.21. The average molecular weight is 494 g/mol. The number of pyridine rings is 3. The zero-order valence-electron chi connectivity index (χ0n) is 20.4. The van der Waals surface area contributed by atoms with Gasteiger partial charge in [-0.2, -0.15) is 0 Å². The highest BCUT2D eigenvalue weighted by molar-refractivity contribution is 5.05. The Labute approximate surface area is 210 Å². The number of aromatic nitrogens is 3. The highest BCUT2D eigenvalue weighted by Crippen LogP contribution is 2.39. The van der Waals surface area contributed by atoms with E-state index in [1.54, 1.807) is 18.6 Å². The molecule has 0 N–H and O–H groups in total. The first-order chi connectivity index (χ1) is 17.6. The largest absolute Gasteiger partial charge is 0.372 e. The molecule has 0 radical (unpaired) electrons. The second-order valence-corrected chi connectivity index (χ2v) is 9.17. The van der Waals surface area contributed by atoms with E-state index in [1.165, 1.54) is 0 Å². The SMILES string of the molecule is CC1(C)O[C@H]2O[C@H](COCc3ccccn3)[C@H](OCc3ccccn3)[C@H](OCc3ccccn3)[C@H]2O1. The van der Waals surface area contributed by atoms with Crippen molar-refractivity contribution >= 4 is 0 Å². The van der Waals surface area contributed by atoms with E-state index in [2.05, 4.69) is 15.0 Å². The van der Waals surface area contributed by atoms with E-state index in [0.717, 1.165) is 17.1 Å². The molecule has 190 valence electrons. The van der Waals surface area contributed by atoms with Crippen LogP contribution in [0.3, 0.4) is 0 Å². The van der Waals surface area contributed by atoms with Gasteiger partial charge in [-0.3, -0.25) is 15.0 Å². The Kier molecular flexibility index (Phi) is 7.96. The minimum atomic E-state index is -0.822. The maximum Gasteiger partial charge on any atom is 0.190 e. The summed E-state index contributed by atoms with van der Waals surface area (Å²) in [5.74, 6) is -0.822. The van der Waals surface area contributed by atoms with E-state index in [0.29, 0.717) is 13.2 Å². The molecule has 5 heterocycles. The molecule has 3 aromatic heterocycles. The van der Waals surface area contributed by atoms with E-state index in [1.807, 2.05) is 68.4 Å². The number of nitrogens with zero attached hydrogens (tertiary/aromatic N) is 3. The summed E-state index contributed by atoms with van der Waals surface area (Å²) in [5, 5.41) is 0. The van der Waals surface area contributed by atoms with Crippen LogP contribution in [-0.4, -0.2) is 58.1 Å². The molecule has 3 aromatic rings. The van der Waals surface area contributed by atoms with Gasteiger partial charge in [-0.15, -0.1) is 0 Å². The van der Waals surface area contributed by atoms with Crippen molar-refractivity contribution in [2.75, 3.05) is 6.61 Å². The predicted octanol–water partition coefficient (Wildman–Crippen LogP) is 3.44. The molecule has 0 aromatic carbocycles. The minimum Gasteiger partial charge on any atom is -0.372 e. The van der Waals surface area contributed by atoms with Crippen molar-refractivity contribution in [3.05, 3.63) is 90.3 Å². The summed E-state index contributed by atoms with van der Waals surface area (Å²) >= 11 is 0. The fourth-order valence-corrected chi connectivity index (χ4v) is 4.35. The highest BCUT2D eigenvalue weighted by Gasteiger charge is 2.55. The lowest BCUT2D eigenvalue weighted by atomic mass is 9.98. The lowest BCUT2D eigenvalue weighted by Gasteiger charge is -2.42. The predicted molar refractivity (Wildman–Crippen MR) is 128 cm³/mol. The highest BCUT2D eigenvalue weighted by atomic mass is 16.8. The summed E-state index contributed by atoms with van der Waals surface area (Å²) in [7, 11) is 0. The van der Waals surface area contributed by atoms with E-state index < -0.39 is 36.5 Å². The summed E-state index contributed by atoms with van der Waals surface area (Å²) in [6.45, 7) is 4.92. The summed E-state index contributed by atoms with van der Waals surface area (Å²) in [6.07, 6.45) is 2.67. The van der Waals surface area contributed by atoms with Crippen molar-refractivity contribution in [3.63, 3.8) is 0 Å². The van der Waals surface area contributed by atoms with Crippen LogP contribution in [0.4, 0.5) is 0 Å². The van der Waals surface area contributed by atoms with Crippen molar-refractivity contribution in [2.24, 2.45) is 0 Å². The van der Waals surface area contributed by atoms with Gasteiger partial charge in [0.1, 0.15) is 24.4 Å². The van der Waals surface area contributed by atoms with Crippen molar-refractivity contribution in [1.29, 1.82) is 0 Å². The Balaban J connectivity index is 1.35. The molecule has 0 amide bonds. The van der Waals surface area contributed by atoms with Gasteiger partial charge >= 0.3 is 0 Å². The molecule has 0 unspecified atom stereocenters. The first-order valence-corrected chi connectivity index (χ1v) is 12.1. The van der Waals surface area contributed by atoms with Crippen molar-refractivity contribution in [3.8, 4) is 0 Å². The van der Waals surface area contributed by atoms with Crippen LogP contribution < -0.4 is 0 Å². The fraction of sp³-hybridized carbons (Fsp3) is 0.444. The van der Waals surface area contributed by atoms with Gasteiger partial charge < -0.3 is 28.4 Å². The van der Waals surface area contributed by atoms with Gasteiger partial charge in [-0.05, 0) is 50.2 Å². The fourth-order valence-electron chi connectivity index (χ4n) is 4.35. The number of hydrogen-bond donors (Lipinski definition) is 0. The number of fused-ring (bicyclic) bond motifs is 1. The third-order valence-electron chi connectivity index (χ3n) is 5.97. The lowest BCUT2D eigenvalue weighted by Crippen LogP contribution is -2.59. The molecule has 0 saturated carbocycles. The van der Waals surface area contributed by atoms with E-state index in [9.17, 15) is 0 Å². The Bertz CT molecular complexity index is 1070. The van der Waals surface area contributed by atoms with Gasteiger partial charge in [0.15, 0.2) is 12.1 Å². The van der Waals surface area contributed by atoms with E-state index in [4.69, 9.17) is 28.4 Å². The van der Waals surface area contributed by atoms with Crippen LogP contribution in [0, 0.1) is 0 Å². The topological polar surface area (TPSA) is 94.1 Å². The standard InChI is InChI=1S/C27H31N3O6/c1-27(2)35-25-24(33-17-21-11-5-8-14-30-21)23(32-16-20-10-4-7-13-29-20)22(34-26(25)36-27)18-31-15-19-9-3-6-12-28-19/h3-14,22-26H,15-18H2,1-2H3/t22-,23+,24+,25-,26-/m1/s1. The molecular formula is C27H31N3O6. The quantitative estimate of drug-likeness (QED) is 0.421. The molecule has 0 bridgehead atoms. The maximum absolute atomic E-state index is 6.41. The normalized spacial score (nSPS) is 27.0. The molecule has 0 spiro atoms. The van der Waals surface area contributed by atoms with Crippen LogP contribution in [0.2, 0.25) is 0 Å². The lowest BCUT2D eigenvalue weighted by molar-refractivity contribution is -0.279. The van der Waals surface area contributed by atoms with Gasteiger partial charge in [0, 0.05) is 18.6 Å². The third kappa shape index (κ3) is 6.31. The summed E-state index contributed by atoms with van der Waals surface area (Å²) in [6, 6.07) is 17.2. The number of rotatable bonds is 10. The smallest absolute Gasteiger partial charge is 0.190 e. The van der Waals surface area contributed by atoms with Gasteiger partial charge in [0.05, 0.1) is 43.5 Å². The number of ether oxygens (including phenoxy) is 6. The van der Waals surface area contributed by atoms with Crippen LogP contribution in [0.5, 0.6) is 0 Å². The molecule has 5 rings (SSSR count). The van der Waals surface area contributed by atoms with Crippen LogP contribution >= 0.6 is 0 Å². The molecule has 9 heteroatoms. The Morgan fingerprint density at radius 1 is 0.722 bits per heavy atom. The minimum absolute atomic E-state index is 0.264. The van der Waals surface area contributed by atoms with Crippen molar-refractivity contribution in [1.82, 2.24) is 15.0 Å². The Morgan fingerprint density at radius 3 is 1.83 bits per heavy atom. The summed E-state index contributed by atoms with van der Waals surface area (Å²) in [5.41, 5.74) is 2.45. The van der Waals surface area contributed by atoms with Gasteiger partial charge in [-0.25, -0.2) is 0 Å². The molecule has 5 atom stereocenters. The first-order valence-electron chi connectivity index (χ1n) is 12.1. The van der Waals surface area contributed by atoms with Crippen LogP contribution in [0.15, 0.2) is 73.2 Å². The Morgan fingerprint density at radius 2 is 1.28 bits per heavy atom. The summed E-state index contributed by atoms with van der Waals surface area (Å²) < 4.78 is 37.4.